The fourth-order valence-corrected chi connectivity index (χ4v) is 4.31. The average molecular weight is 547 g/mol. The van der Waals surface area contributed by atoms with E-state index in [4.69, 9.17) is 16.3 Å². The predicted octanol–water partition coefficient (Wildman–Crippen LogP) is 6.44. The van der Waals surface area contributed by atoms with Crippen LogP contribution in [0.2, 0.25) is 5.02 Å². The number of benzene rings is 3. The standard InChI is InChI=1S/C30H31ClN4O4/c1-4-5-6-15-39-24-11-9-23(10-12-24)32-29(37)30(38)34-35-26-14-8-22(31)17-21(26)18-27(35)28(36)33-25-13-7-19(2)16-20(25)3/h7-14,16-18H,4-6,15H2,1-3H3,(H,32,37)(H,33,36)(H,34,38). The van der Waals surface area contributed by atoms with Gasteiger partial charge in [-0.25, -0.2) is 4.68 Å². The number of carbonyl (C=O) groups excluding carboxylic acids is 3. The van der Waals surface area contributed by atoms with Gasteiger partial charge in [0.2, 0.25) is 0 Å². The van der Waals surface area contributed by atoms with E-state index >= 15 is 0 Å². The van der Waals surface area contributed by atoms with Crippen molar-refractivity contribution in [3.63, 3.8) is 0 Å². The van der Waals surface area contributed by atoms with Crippen molar-refractivity contribution < 1.29 is 19.1 Å². The van der Waals surface area contributed by atoms with Crippen molar-refractivity contribution in [2.24, 2.45) is 0 Å². The van der Waals surface area contributed by atoms with Crippen LogP contribution in [0.4, 0.5) is 11.4 Å². The van der Waals surface area contributed by atoms with E-state index in [1.54, 1.807) is 48.5 Å². The number of rotatable bonds is 9. The van der Waals surface area contributed by atoms with Crippen molar-refractivity contribution in [3.05, 3.63) is 88.6 Å². The van der Waals surface area contributed by atoms with Gasteiger partial charge in [0.1, 0.15) is 11.4 Å². The molecule has 9 heteroatoms. The van der Waals surface area contributed by atoms with E-state index in [2.05, 4.69) is 23.0 Å². The lowest BCUT2D eigenvalue weighted by Crippen LogP contribution is -2.36. The highest BCUT2D eigenvalue weighted by Crippen LogP contribution is 2.25. The molecule has 0 atom stereocenters. The molecule has 0 fully saturated rings. The van der Waals surface area contributed by atoms with Gasteiger partial charge in [-0.05, 0) is 80.4 Å². The number of aromatic nitrogens is 1. The SMILES string of the molecule is CCCCCOc1ccc(NC(=O)C(=O)Nn2c(C(=O)Nc3ccc(C)cc3C)cc3cc(Cl)ccc32)cc1. The van der Waals surface area contributed by atoms with Crippen molar-refractivity contribution in [1.82, 2.24) is 4.68 Å². The Hall–Kier alpha value is -4.30. The van der Waals surface area contributed by atoms with E-state index < -0.39 is 17.7 Å². The topological polar surface area (TPSA) is 101 Å². The lowest BCUT2D eigenvalue weighted by atomic mass is 10.1. The Kier molecular flexibility index (Phi) is 8.88. The molecule has 1 aromatic heterocycles. The summed E-state index contributed by atoms with van der Waals surface area (Å²) in [6, 6.07) is 19.1. The minimum absolute atomic E-state index is 0.137. The fraction of sp³-hybridized carbons (Fsp3) is 0.233. The number of unbranched alkanes of at least 4 members (excludes halogenated alkanes) is 2. The first-order valence-electron chi connectivity index (χ1n) is 12.8. The van der Waals surface area contributed by atoms with Gasteiger partial charge in [0.05, 0.1) is 12.1 Å². The zero-order chi connectivity index (χ0) is 27.9. The minimum Gasteiger partial charge on any atom is -0.494 e. The third-order valence-electron chi connectivity index (χ3n) is 6.17. The molecule has 0 aliphatic rings. The molecule has 1 heterocycles. The molecule has 4 aromatic rings. The van der Waals surface area contributed by atoms with E-state index in [0.717, 1.165) is 30.4 Å². The van der Waals surface area contributed by atoms with E-state index in [1.807, 2.05) is 32.0 Å². The molecule has 3 N–H and O–H groups in total. The van der Waals surface area contributed by atoms with Crippen LogP contribution in [0.1, 0.15) is 47.8 Å². The molecular formula is C30H31ClN4O4. The number of nitrogens with one attached hydrogen (secondary N) is 3. The molecular weight excluding hydrogens is 516 g/mol. The highest BCUT2D eigenvalue weighted by atomic mass is 35.5. The Morgan fingerprint density at radius 2 is 1.64 bits per heavy atom. The minimum atomic E-state index is -0.942. The molecule has 3 amide bonds. The second kappa shape index (κ2) is 12.5. The maximum absolute atomic E-state index is 13.3. The van der Waals surface area contributed by atoms with E-state index in [9.17, 15) is 14.4 Å². The number of anilines is 2. The molecule has 39 heavy (non-hydrogen) atoms. The summed E-state index contributed by atoms with van der Waals surface area (Å²) >= 11 is 6.15. The van der Waals surface area contributed by atoms with E-state index in [-0.39, 0.29) is 5.69 Å². The summed E-state index contributed by atoms with van der Waals surface area (Å²) in [6.07, 6.45) is 3.18. The summed E-state index contributed by atoms with van der Waals surface area (Å²) in [7, 11) is 0. The van der Waals surface area contributed by atoms with Gasteiger partial charge < -0.3 is 15.4 Å². The van der Waals surface area contributed by atoms with Crippen molar-refractivity contribution in [2.45, 2.75) is 40.0 Å². The number of hydrogen-bond acceptors (Lipinski definition) is 4. The van der Waals surface area contributed by atoms with Gasteiger partial charge in [0.15, 0.2) is 0 Å². The normalized spacial score (nSPS) is 10.8. The molecule has 4 rings (SSSR count). The third-order valence-corrected chi connectivity index (χ3v) is 6.41. The van der Waals surface area contributed by atoms with Gasteiger partial charge in [-0.15, -0.1) is 0 Å². The first-order chi connectivity index (χ1) is 18.7. The second-order valence-corrected chi connectivity index (χ2v) is 9.75. The molecule has 0 spiro atoms. The van der Waals surface area contributed by atoms with Crippen LogP contribution in [-0.2, 0) is 9.59 Å². The van der Waals surface area contributed by atoms with Crippen LogP contribution < -0.4 is 20.8 Å². The predicted molar refractivity (Wildman–Crippen MR) is 155 cm³/mol. The van der Waals surface area contributed by atoms with E-state index in [1.165, 1.54) is 4.68 Å². The Bertz CT molecular complexity index is 1510. The molecule has 0 saturated heterocycles. The van der Waals surface area contributed by atoms with Crippen molar-refractivity contribution in [2.75, 3.05) is 22.7 Å². The number of amides is 3. The number of nitrogens with zero attached hydrogens (tertiary/aromatic N) is 1. The lowest BCUT2D eigenvalue weighted by molar-refractivity contribution is -0.133. The van der Waals surface area contributed by atoms with Gasteiger partial charge in [-0.2, -0.15) is 0 Å². The first-order valence-corrected chi connectivity index (χ1v) is 13.2. The third kappa shape index (κ3) is 6.97. The number of aryl methyl sites for hydroxylation is 2. The molecule has 3 aromatic carbocycles. The zero-order valence-corrected chi connectivity index (χ0v) is 22.9. The smallest absolute Gasteiger partial charge is 0.328 e. The van der Waals surface area contributed by atoms with Gasteiger partial charge in [0, 0.05) is 21.8 Å². The summed E-state index contributed by atoms with van der Waals surface area (Å²) in [4.78, 5) is 38.9. The maximum atomic E-state index is 13.3. The molecule has 202 valence electrons. The van der Waals surface area contributed by atoms with Crippen molar-refractivity contribution in [1.29, 1.82) is 0 Å². The number of halogens is 1. The van der Waals surface area contributed by atoms with Crippen LogP contribution in [-0.4, -0.2) is 29.0 Å². The molecule has 8 nitrogen and oxygen atoms in total. The first kappa shape index (κ1) is 27.7. The number of fused-ring (bicyclic) bond motifs is 1. The Balaban J connectivity index is 1.50. The molecule has 0 aliphatic carbocycles. The fourth-order valence-electron chi connectivity index (χ4n) is 4.13. The number of ether oxygens (including phenoxy) is 1. The van der Waals surface area contributed by atoms with Crippen LogP contribution in [0, 0.1) is 13.8 Å². The van der Waals surface area contributed by atoms with Crippen LogP contribution in [0.5, 0.6) is 5.75 Å². The van der Waals surface area contributed by atoms with Gasteiger partial charge in [-0.3, -0.25) is 19.8 Å². The van der Waals surface area contributed by atoms with Gasteiger partial charge in [0.25, 0.3) is 5.91 Å². The van der Waals surface area contributed by atoms with Crippen molar-refractivity contribution >= 4 is 51.6 Å². The molecule has 0 radical (unpaired) electrons. The Morgan fingerprint density at radius 1 is 0.872 bits per heavy atom. The van der Waals surface area contributed by atoms with Gasteiger partial charge >= 0.3 is 11.8 Å². The highest BCUT2D eigenvalue weighted by Gasteiger charge is 2.21. The average Bonchev–Trinajstić information content (AvgIpc) is 3.26. The lowest BCUT2D eigenvalue weighted by Gasteiger charge is -2.14. The molecule has 0 saturated carbocycles. The number of hydrogen-bond donors (Lipinski definition) is 3. The summed E-state index contributed by atoms with van der Waals surface area (Å²) in [5, 5.41) is 6.56. The second-order valence-electron chi connectivity index (χ2n) is 9.32. The van der Waals surface area contributed by atoms with Crippen LogP contribution in [0.3, 0.4) is 0 Å². The molecule has 0 aliphatic heterocycles. The maximum Gasteiger partial charge on any atom is 0.328 e. The van der Waals surface area contributed by atoms with E-state index in [0.29, 0.717) is 39.7 Å². The Morgan fingerprint density at radius 3 is 2.36 bits per heavy atom. The number of carbonyl (C=O) groups is 3. The molecule has 0 unspecified atom stereocenters. The summed E-state index contributed by atoms with van der Waals surface area (Å²) in [6.45, 7) is 6.62. The van der Waals surface area contributed by atoms with Gasteiger partial charge in [-0.1, -0.05) is 49.1 Å². The summed E-state index contributed by atoms with van der Waals surface area (Å²) in [5.41, 5.74) is 6.25. The molecule has 0 bridgehead atoms. The van der Waals surface area contributed by atoms with Crippen LogP contribution in [0.15, 0.2) is 66.7 Å². The summed E-state index contributed by atoms with van der Waals surface area (Å²) < 4.78 is 6.97. The highest BCUT2D eigenvalue weighted by molar-refractivity contribution is 6.42. The Labute approximate surface area is 232 Å². The largest absolute Gasteiger partial charge is 0.494 e. The van der Waals surface area contributed by atoms with Crippen LogP contribution >= 0.6 is 11.6 Å². The quantitative estimate of drug-likeness (QED) is 0.166. The zero-order valence-electron chi connectivity index (χ0n) is 22.1. The van der Waals surface area contributed by atoms with Crippen molar-refractivity contribution in [3.8, 4) is 5.75 Å². The monoisotopic (exact) mass is 546 g/mol. The van der Waals surface area contributed by atoms with Crippen LogP contribution in [0.25, 0.3) is 10.9 Å². The summed E-state index contributed by atoms with van der Waals surface area (Å²) in [5.74, 6) is -1.60.